The maximum Gasteiger partial charge on any atom is 0.324 e. The van der Waals surface area contributed by atoms with Crippen LogP contribution in [0.25, 0.3) is 22.3 Å². The number of benzene rings is 2. The number of anilines is 3. The molecule has 0 bridgehead atoms. The van der Waals surface area contributed by atoms with E-state index >= 15 is 0 Å². The minimum Gasteiger partial charge on any atom is -0.392 e. The Labute approximate surface area is 217 Å². The van der Waals surface area contributed by atoms with Crippen LogP contribution in [0.3, 0.4) is 0 Å². The van der Waals surface area contributed by atoms with Gasteiger partial charge in [0.05, 0.1) is 18.0 Å². The number of nitrogens with one attached hydrogen (secondary N) is 2. The van der Waals surface area contributed by atoms with Crippen LogP contribution in [0.15, 0.2) is 67.1 Å². The molecule has 2 aromatic carbocycles. The second-order valence-corrected chi connectivity index (χ2v) is 9.84. The monoisotopic (exact) mass is 514 g/mol. The van der Waals surface area contributed by atoms with Gasteiger partial charge in [-0.25, -0.2) is 23.4 Å². The summed E-state index contributed by atoms with van der Waals surface area (Å²) in [5.41, 5.74) is 10.5. The molecule has 11 heteroatoms. The Morgan fingerprint density at radius 2 is 1.79 bits per heavy atom. The van der Waals surface area contributed by atoms with Crippen LogP contribution < -0.4 is 16.4 Å². The number of urea groups is 1. The van der Waals surface area contributed by atoms with E-state index in [4.69, 9.17) is 5.73 Å². The Kier molecular flexibility index (Phi) is 6.29. The van der Waals surface area contributed by atoms with Gasteiger partial charge in [0.25, 0.3) is 0 Å². The van der Waals surface area contributed by atoms with Crippen LogP contribution in [0, 0.1) is 5.82 Å². The summed E-state index contributed by atoms with van der Waals surface area (Å²) >= 11 is 0. The first-order chi connectivity index (χ1) is 18.1. The molecule has 0 saturated heterocycles. The lowest BCUT2D eigenvalue weighted by molar-refractivity contribution is 0.262. The largest absolute Gasteiger partial charge is 0.392 e. The molecule has 5 rings (SSSR count). The summed E-state index contributed by atoms with van der Waals surface area (Å²) in [7, 11) is 0. The van der Waals surface area contributed by atoms with Crippen LogP contribution in [-0.4, -0.2) is 35.5 Å². The fourth-order valence-corrected chi connectivity index (χ4v) is 4.14. The Morgan fingerprint density at radius 1 is 1.08 bits per heavy atom. The van der Waals surface area contributed by atoms with Crippen LogP contribution in [0.2, 0.25) is 0 Å². The fraction of sp³-hybridized carbons (Fsp3) is 0.185. The molecule has 3 aromatic heterocycles. The number of aromatic nitrogens is 5. The number of nitrogens with zero attached hydrogens (tertiary/aromatic N) is 5. The predicted molar refractivity (Wildman–Crippen MR) is 144 cm³/mol. The van der Waals surface area contributed by atoms with Gasteiger partial charge in [-0.3, -0.25) is 5.32 Å². The van der Waals surface area contributed by atoms with E-state index in [1.54, 1.807) is 45.7 Å². The van der Waals surface area contributed by atoms with Gasteiger partial charge in [-0.05, 0) is 42.0 Å². The molecule has 5 N–H and O–H groups in total. The van der Waals surface area contributed by atoms with Gasteiger partial charge in [0.2, 0.25) is 0 Å². The third kappa shape index (κ3) is 4.78. The van der Waals surface area contributed by atoms with Crippen molar-refractivity contribution in [2.75, 3.05) is 16.4 Å². The van der Waals surface area contributed by atoms with E-state index in [-0.39, 0.29) is 17.8 Å². The van der Waals surface area contributed by atoms with E-state index in [2.05, 4.69) is 25.8 Å². The van der Waals surface area contributed by atoms with Crippen molar-refractivity contribution in [2.24, 2.45) is 0 Å². The number of hydrogen-bond acceptors (Lipinski definition) is 6. The SMILES string of the molecule is CC(C)(C)c1cc(NC(=O)Nc2ccc(-c3c(CO)cn4ncnc(N)c34)cc2)n(-c2ccc(F)cc2)n1. The average Bonchev–Trinajstić information content (AvgIpc) is 3.47. The molecule has 2 amide bonds. The van der Waals surface area contributed by atoms with Crippen molar-refractivity contribution in [2.45, 2.75) is 32.8 Å². The summed E-state index contributed by atoms with van der Waals surface area (Å²) in [6.45, 7) is 5.86. The first-order valence-corrected chi connectivity index (χ1v) is 11.9. The lowest BCUT2D eigenvalue weighted by atomic mass is 9.92. The van der Waals surface area contributed by atoms with E-state index in [0.717, 1.165) is 16.8 Å². The molecule has 0 fully saturated rings. The zero-order valence-corrected chi connectivity index (χ0v) is 21.1. The number of carbonyl (C=O) groups is 1. The molecule has 10 nitrogen and oxygen atoms in total. The summed E-state index contributed by atoms with van der Waals surface area (Å²) < 4.78 is 16.6. The maximum atomic E-state index is 13.5. The van der Waals surface area contributed by atoms with Gasteiger partial charge in [-0.1, -0.05) is 32.9 Å². The van der Waals surface area contributed by atoms with E-state index in [1.165, 1.54) is 18.5 Å². The molecule has 0 atom stereocenters. The quantitative estimate of drug-likeness (QED) is 0.268. The van der Waals surface area contributed by atoms with Crippen molar-refractivity contribution in [3.8, 4) is 16.8 Å². The molecule has 0 aliphatic heterocycles. The molecule has 0 unspecified atom stereocenters. The number of aliphatic hydroxyl groups is 1. The highest BCUT2D eigenvalue weighted by molar-refractivity contribution is 6.00. The Balaban J connectivity index is 1.39. The van der Waals surface area contributed by atoms with Crippen molar-refractivity contribution in [3.63, 3.8) is 0 Å². The molecule has 0 aliphatic rings. The highest BCUT2D eigenvalue weighted by Gasteiger charge is 2.22. The van der Waals surface area contributed by atoms with Gasteiger partial charge >= 0.3 is 6.03 Å². The number of aliphatic hydroxyl groups excluding tert-OH is 1. The van der Waals surface area contributed by atoms with Gasteiger partial charge in [-0.15, -0.1) is 0 Å². The third-order valence-corrected chi connectivity index (χ3v) is 6.07. The molecule has 38 heavy (non-hydrogen) atoms. The van der Waals surface area contributed by atoms with Crippen molar-refractivity contribution in [1.82, 2.24) is 24.4 Å². The van der Waals surface area contributed by atoms with Crippen LogP contribution in [0.5, 0.6) is 0 Å². The van der Waals surface area contributed by atoms with Crippen molar-refractivity contribution in [1.29, 1.82) is 0 Å². The zero-order valence-electron chi connectivity index (χ0n) is 21.1. The second kappa shape index (κ2) is 9.60. The van der Waals surface area contributed by atoms with Crippen molar-refractivity contribution < 1.29 is 14.3 Å². The first kappa shape index (κ1) is 24.9. The number of rotatable bonds is 5. The lowest BCUT2D eigenvalue weighted by Crippen LogP contribution is -2.21. The molecule has 194 valence electrons. The highest BCUT2D eigenvalue weighted by Crippen LogP contribution is 2.33. The highest BCUT2D eigenvalue weighted by atomic mass is 19.1. The third-order valence-electron chi connectivity index (χ3n) is 6.07. The molecule has 0 saturated carbocycles. The van der Waals surface area contributed by atoms with Gasteiger partial charge in [-0.2, -0.15) is 10.2 Å². The summed E-state index contributed by atoms with van der Waals surface area (Å²) in [6, 6.07) is 14.3. The summed E-state index contributed by atoms with van der Waals surface area (Å²) in [5, 5.41) is 24.3. The Morgan fingerprint density at radius 3 is 2.45 bits per heavy atom. The number of halogens is 1. The Bertz CT molecular complexity index is 1620. The summed E-state index contributed by atoms with van der Waals surface area (Å²) in [4.78, 5) is 17.0. The Hall–Kier alpha value is -4.77. The number of nitrogen functional groups attached to an aromatic ring is 1. The van der Waals surface area contributed by atoms with Crippen LogP contribution in [0.4, 0.5) is 26.5 Å². The van der Waals surface area contributed by atoms with Crippen molar-refractivity contribution >= 4 is 28.9 Å². The zero-order chi connectivity index (χ0) is 27.0. The maximum absolute atomic E-state index is 13.5. The molecule has 0 spiro atoms. The number of hydrogen-bond donors (Lipinski definition) is 4. The average molecular weight is 515 g/mol. The predicted octanol–water partition coefficient (Wildman–Crippen LogP) is 4.74. The van der Waals surface area contributed by atoms with Crippen LogP contribution >= 0.6 is 0 Å². The van der Waals surface area contributed by atoms with Gasteiger partial charge in [0.15, 0.2) is 5.82 Å². The number of amides is 2. The molecule has 5 aromatic rings. The molecular weight excluding hydrogens is 487 g/mol. The molecule has 3 heterocycles. The molecular formula is C27H27FN8O2. The molecule has 0 aliphatic carbocycles. The standard InChI is InChI=1S/C27H27FN8O2/c1-27(2,3)21-12-22(36(34-21)20-10-6-18(28)7-11-20)33-26(38)32-19-8-4-16(5-9-19)23-17(14-37)13-35-24(23)25(29)30-15-31-35/h4-13,15,37H,14H2,1-3H3,(H2,29,30,31)(H2,32,33,38). The van der Waals surface area contributed by atoms with E-state index < -0.39 is 6.03 Å². The van der Waals surface area contributed by atoms with Crippen molar-refractivity contribution in [3.05, 3.63) is 84.2 Å². The summed E-state index contributed by atoms with van der Waals surface area (Å²) in [6.07, 6.45) is 3.06. The number of carbonyl (C=O) groups excluding carboxylic acids is 1. The molecule has 0 radical (unpaired) electrons. The van der Waals surface area contributed by atoms with Gasteiger partial charge < -0.3 is 16.2 Å². The van der Waals surface area contributed by atoms with Crippen LogP contribution in [-0.2, 0) is 12.0 Å². The van der Waals surface area contributed by atoms with Gasteiger partial charge in [0, 0.05) is 34.5 Å². The minimum atomic E-state index is -0.468. The smallest absolute Gasteiger partial charge is 0.324 e. The first-order valence-electron chi connectivity index (χ1n) is 11.9. The van der Waals surface area contributed by atoms with Crippen LogP contribution in [0.1, 0.15) is 32.0 Å². The normalized spacial score (nSPS) is 11.6. The number of fused-ring (bicyclic) bond motifs is 1. The second-order valence-electron chi connectivity index (χ2n) is 9.84. The van der Waals surface area contributed by atoms with Gasteiger partial charge in [0.1, 0.15) is 23.5 Å². The number of nitrogens with two attached hydrogens (primary N) is 1. The topological polar surface area (TPSA) is 135 Å². The lowest BCUT2D eigenvalue weighted by Gasteiger charge is -2.14. The van der Waals surface area contributed by atoms with E-state index in [0.29, 0.717) is 34.1 Å². The van der Waals surface area contributed by atoms with E-state index in [1.807, 2.05) is 32.9 Å². The van der Waals surface area contributed by atoms with E-state index in [9.17, 15) is 14.3 Å². The summed E-state index contributed by atoms with van der Waals surface area (Å²) in [5.74, 6) is 0.380. The fourth-order valence-electron chi connectivity index (χ4n) is 4.14. The minimum absolute atomic E-state index is 0.196.